The Balaban J connectivity index is 1.82. The second-order valence-corrected chi connectivity index (χ2v) is 11.7. The first kappa shape index (κ1) is 28.5. The summed E-state index contributed by atoms with van der Waals surface area (Å²) in [5.41, 5.74) is -0.189. The minimum absolute atomic E-state index is 0.111. The molecular weight excluding hydrogens is 456 g/mol. The topological polar surface area (TPSA) is 157 Å². The molecule has 35 heavy (non-hydrogen) atoms. The molecule has 0 aromatic rings. The first-order valence-electron chi connectivity index (χ1n) is 12.9. The van der Waals surface area contributed by atoms with E-state index in [9.17, 15) is 35.4 Å². The summed E-state index contributed by atoms with van der Waals surface area (Å²) in [7, 11) is 0. The lowest BCUT2D eigenvalue weighted by molar-refractivity contribution is -0.326. The van der Waals surface area contributed by atoms with Crippen molar-refractivity contribution in [2.75, 3.05) is 13.2 Å². The summed E-state index contributed by atoms with van der Waals surface area (Å²) < 4.78 is 11.8. The third kappa shape index (κ3) is 5.46. The number of hydrogen-bond acceptors (Lipinski definition) is 8. The van der Waals surface area contributed by atoms with E-state index >= 15 is 0 Å². The van der Waals surface area contributed by atoms with Gasteiger partial charge in [-0.3, -0.25) is 0 Å². The van der Waals surface area contributed by atoms with E-state index in [0.29, 0.717) is 30.8 Å². The maximum atomic E-state index is 12.2. The van der Waals surface area contributed by atoms with Gasteiger partial charge in [-0.05, 0) is 60.7 Å². The molecule has 10 atom stereocenters. The van der Waals surface area contributed by atoms with Gasteiger partial charge in [0.2, 0.25) is 0 Å². The third-order valence-corrected chi connectivity index (χ3v) is 9.18. The number of aliphatic hydroxyl groups is 5. The Morgan fingerprint density at radius 1 is 1.14 bits per heavy atom. The fraction of sp³-hybridized carbons (Fsp3) is 0.885. The van der Waals surface area contributed by atoms with Crippen LogP contribution in [0.1, 0.15) is 66.2 Å². The van der Waals surface area contributed by atoms with Crippen LogP contribution < -0.4 is 0 Å². The summed E-state index contributed by atoms with van der Waals surface area (Å²) in [5, 5.41) is 59.5. The number of allylic oxidation sites excluding steroid dienone is 1. The molecule has 1 saturated heterocycles. The maximum Gasteiger partial charge on any atom is 0.331 e. The zero-order valence-electron chi connectivity index (χ0n) is 21.3. The van der Waals surface area contributed by atoms with Gasteiger partial charge < -0.3 is 40.1 Å². The average Bonchev–Trinajstić information content (AvgIpc) is 2.79. The quantitative estimate of drug-likeness (QED) is 0.276. The molecule has 9 nitrogen and oxygen atoms in total. The van der Waals surface area contributed by atoms with Crippen LogP contribution in [0.25, 0.3) is 0 Å². The molecule has 2 fully saturated rings. The van der Waals surface area contributed by atoms with Crippen molar-refractivity contribution in [1.82, 2.24) is 0 Å². The van der Waals surface area contributed by atoms with E-state index in [1.807, 2.05) is 6.08 Å². The van der Waals surface area contributed by atoms with Gasteiger partial charge in [0, 0.05) is 12.2 Å². The van der Waals surface area contributed by atoms with Crippen molar-refractivity contribution < 1.29 is 44.9 Å². The van der Waals surface area contributed by atoms with Gasteiger partial charge in [0.25, 0.3) is 0 Å². The van der Waals surface area contributed by atoms with Crippen LogP contribution in [0.2, 0.25) is 0 Å². The van der Waals surface area contributed by atoms with Gasteiger partial charge in [-0.2, -0.15) is 0 Å². The Hall–Kier alpha value is -1.07. The molecule has 2 aliphatic carbocycles. The predicted molar refractivity (Wildman–Crippen MR) is 127 cm³/mol. The minimum Gasteiger partial charge on any atom is -0.478 e. The monoisotopic (exact) mass is 500 g/mol. The number of fused-ring (bicyclic) bond motifs is 1. The molecule has 1 aliphatic heterocycles. The first-order valence-corrected chi connectivity index (χ1v) is 12.9. The normalized spacial score (nSPS) is 42.1. The molecule has 2 unspecified atom stereocenters. The molecule has 0 spiro atoms. The van der Waals surface area contributed by atoms with Gasteiger partial charge in [0.05, 0.1) is 12.7 Å². The zero-order valence-corrected chi connectivity index (χ0v) is 21.3. The highest BCUT2D eigenvalue weighted by atomic mass is 16.7. The first-order chi connectivity index (χ1) is 16.4. The number of carboxylic acid groups (broad SMARTS) is 1. The fourth-order valence-corrected chi connectivity index (χ4v) is 6.92. The molecule has 6 N–H and O–H groups in total. The lowest BCUT2D eigenvalue weighted by atomic mass is 9.47. The Morgan fingerprint density at radius 3 is 2.43 bits per heavy atom. The molecule has 0 amide bonds. The summed E-state index contributed by atoms with van der Waals surface area (Å²) in [6.45, 7) is 8.05. The molecule has 0 radical (unpaired) electrons. The number of aliphatic hydroxyl groups excluding tert-OH is 5. The number of ether oxygens (including phenoxy) is 2. The highest BCUT2D eigenvalue weighted by molar-refractivity contribution is 5.87. The second kappa shape index (κ2) is 11.1. The summed E-state index contributed by atoms with van der Waals surface area (Å²) in [6, 6.07) is 0. The zero-order chi connectivity index (χ0) is 26.1. The number of carbonyl (C=O) groups is 1. The van der Waals surface area contributed by atoms with E-state index in [1.165, 1.54) is 0 Å². The van der Waals surface area contributed by atoms with Gasteiger partial charge in [0.15, 0.2) is 6.29 Å². The minimum atomic E-state index is -1.50. The molecule has 3 rings (SSSR count). The van der Waals surface area contributed by atoms with E-state index in [-0.39, 0.29) is 30.0 Å². The summed E-state index contributed by atoms with van der Waals surface area (Å²) in [5.74, 6) is -0.577. The van der Waals surface area contributed by atoms with Crippen molar-refractivity contribution in [2.24, 2.45) is 28.6 Å². The highest BCUT2D eigenvalue weighted by Crippen LogP contribution is 2.61. The highest BCUT2D eigenvalue weighted by Gasteiger charge is 2.58. The molecule has 0 aromatic carbocycles. The molecule has 0 bridgehead atoms. The van der Waals surface area contributed by atoms with Crippen molar-refractivity contribution >= 4 is 5.97 Å². The smallest absolute Gasteiger partial charge is 0.331 e. The molecule has 202 valence electrons. The van der Waals surface area contributed by atoms with Crippen LogP contribution in [0, 0.1) is 28.6 Å². The SMILES string of the molecule is CC(CCO)CC[C@@H]1C(C(=O)O)=CCC2C(C)(C)[C@H](O[C@@H]3O[C@H](CO)[C@@H](O)[C@H](O)[C@H]3O)CC[C@]21C. The van der Waals surface area contributed by atoms with Crippen molar-refractivity contribution in [1.29, 1.82) is 0 Å². The van der Waals surface area contributed by atoms with Crippen molar-refractivity contribution in [3.8, 4) is 0 Å². The maximum absolute atomic E-state index is 12.2. The Bertz CT molecular complexity index is 766. The molecule has 0 aromatic heterocycles. The number of rotatable bonds is 9. The van der Waals surface area contributed by atoms with Crippen LogP contribution >= 0.6 is 0 Å². The summed E-state index contributed by atoms with van der Waals surface area (Å²) >= 11 is 0. The lowest BCUT2D eigenvalue weighted by Crippen LogP contribution is -2.62. The van der Waals surface area contributed by atoms with E-state index in [2.05, 4.69) is 27.7 Å². The van der Waals surface area contributed by atoms with Crippen LogP contribution in [-0.4, -0.2) is 86.6 Å². The summed E-state index contributed by atoms with van der Waals surface area (Å²) in [4.78, 5) is 12.2. The van der Waals surface area contributed by atoms with Crippen LogP contribution in [0.3, 0.4) is 0 Å². The Morgan fingerprint density at radius 2 is 1.83 bits per heavy atom. The van der Waals surface area contributed by atoms with Gasteiger partial charge in [0.1, 0.15) is 24.4 Å². The second-order valence-electron chi connectivity index (χ2n) is 11.7. The standard InChI is InChI=1S/C26H44O9/c1-14(10-12-27)5-7-16-15(23(32)33)6-8-18-25(2,3)19(9-11-26(16,18)4)35-24-22(31)21(30)20(29)17(13-28)34-24/h6,14,16-22,24,27-31H,5,7-13H2,1-4H3,(H,32,33)/t14?,16-,17-,18?,19-,20-,21+,22-,24+,26+/m1/s1. The third-order valence-electron chi connectivity index (χ3n) is 9.18. The fourth-order valence-electron chi connectivity index (χ4n) is 6.92. The Labute approximate surface area is 207 Å². The lowest BCUT2D eigenvalue weighted by Gasteiger charge is -2.59. The van der Waals surface area contributed by atoms with Crippen LogP contribution in [0.4, 0.5) is 0 Å². The predicted octanol–water partition coefficient (Wildman–Crippen LogP) is 1.44. The molecule has 9 heteroatoms. The van der Waals surface area contributed by atoms with Gasteiger partial charge >= 0.3 is 5.97 Å². The van der Waals surface area contributed by atoms with Crippen molar-refractivity contribution in [2.45, 2.75) is 103 Å². The Kier molecular flexibility index (Phi) is 9.06. The molecule has 3 aliphatic rings. The number of aliphatic carboxylic acids is 1. The van der Waals surface area contributed by atoms with Gasteiger partial charge in [-0.1, -0.05) is 40.2 Å². The van der Waals surface area contributed by atoms with E-state index in [0.717, 1.165) is 19.3 Å². The largest absolute Gasteiger partial charge is 0.478 e. The number of hydrogen-bond donors (Lipinski definition) is 6. The van der Waals surface area contributed by atoms with Gasteiger partial charge in [-0.15, -0.1) is 0 Å². The number of carboxylic acids is 1. The van der Waals surface area contributed by atoms with Crippen molar-refractivity contribution in [3.05, 3.63) is 11.6 Å². The molecule has 1 heterocycles. The molecular formula is C26H44O9. The molecule has 1 saturated carbocycles. The van der Waals surface area contributed by atoms with Crippen LogP contribution in [-0.2, 0) is 14.3 Å². The van der Waals surface area contributed by atoms with E-state index in [4.69, 9.17) is 9.47 Å². The average molecular weight is 501 g/mol. The van der Waals surface area contributed by atoms with Crippen LogP contribution in [0.15, 0.2) is 11.6 Å². The van der Waals surface area contributed by atoms with Crippen LogP contribution in [0.5, 0.6) is 0 Å². The van der Waals surface area contributed by atoms with E-state index < -0.39 is 48.7 Å². The van der Waals surface area contributed by atoms with E-state index in [1.54, 1.807) is 0 Å². The van der Waals surface area contributed by atoms with Gasteiger partial charge in [-0.25, -0.2) is 4.79 Å². The summed E-state index contributed by atoms with van der Waals surface area (Å²) in [6.07, 6.45) is -0.886. The van der Waals surface area contributed by atoms with Crippen molar-refractivity contribution in [3.63, 3.8) is 0 Å².